The van der Waals surface area contributed by atoms with Gasteiger partial charge in [-0.3, -0.25) is 0 Å². The van der Waals surface area contributed by atoms with E-state index < -0.39 is 0 Å². The van der Waals surface area contributed by atoms with E-state index in [0.29, 0.717) is 0 Å². The summed E-state index contributed by atoms with van der Waals surface area (Å²) in [5, 5.41) is 16.7. The van der Waals surface area contributed by atoms with Crippen LogP contribution in [0.25, 0.3) is 0 Å². The molecule has 0 amide bonds. The molecule has 1 aromatic carbocycles. The third-order valence-electron chi connectivity index (χ3n) is 2.30. The molecule has 0 spiro atoms. The molecule has 1 aromatic rings. The molecule has 0 N–H and O–H groups in total. The van der Waals surface area contributed by atoms with Crippen molar-refractivity contribution in [3.05, 3.63) is 36.4 Å². The summed E-state index contributed by atoms with van der Waals surface area (Å²) in [6.45, 7) is 5.28. The van der Waals surface area contributed by atoms with Crippen LogP contribution in [0.5, 0.6) is 0 Å². The van der Waals surface area contributed by atoms with Gasteiger partial charge in [-0.1, -0.05) is 36.4 Å². The summed E-state index contributed by atoms with van der Waals surface area (Å²) in [5.74, 6) is 0. The number of benzene rings is 1. The Labute approximate surface area is 84.1 Å². The molecule has 0 radical (unpaired) electrons. The molecule has 2 heterocycles. The third-order valence-corrected chi connectivity index (χ3v) is 2.30. The van der Waals surface area contributed by atoms with Crippen molar-refractivity contribution in [2.75, 3.05) is 26.2 Å². The fourth-order valence-corrected chi connectivity index (χ4v) is 1.37. The Morgan fingerprint density at radius 1 is 0.571 bits per heavy atom. The molecule has 4 heteroatoms. The minimum Gasteiger partial charge on any atom is -0.239 e. The smallest absolute Gasteiger partial charge is 0.0275 e. The van der Waals surface area contributed by atoms with Crippen molar-refractivity contribution in [1.29, 1.82) is 10.8 Å². The standard InChI is InChI=1S/C6H6.C4H8N2.N2/c1-2-4-6-5-3-1;1-2-6-4-3-5(1)6;1-2/h1-6H;1-4H2;. The SMILES string of the molecule is C1CN2CCN12.N#N.c1ccccc1. The second kappa shape index (κ2) is 6.08. The van der Waals surface area contributed by atoms with E-state index in [2.05, 4.69) is 10.0 Å². The lowest BCUT2D eigenvalue weighted by atomic mass is 10.3. The molecule has 0 bridgehead atoms. The molecular weight excluding hydrogens is 176 g/mol. The van der Waals surface area contributed by atoms with E-state index in [1.807, 2.05) is 36.4 Å². The Kier molecular flexibility index (Phi) is 4.62. The summed E-state index contributed by atoms with van der Waals surface area (Å²) in [6, 6.07) is 12.0. The number of hydrogen-bond donors (Lipinski definition) is 0. The fourth-order valence-electron chi connectivity index (χ4n) is 1.37. The minimum atomic E-state index is 1.32. The van der Waals surface area contributed by atoms with Gasteiger partial charge in [0.1, 0.15) is 0 Å². The Morgan fingerprint density at radius 2 is 0.786 bits per heavy atom. The Balaban J connectivity index is 0.000000120. The summed E-state index contributed by atoms with van der Waals surface area (Å²) in [7, 11) is 0. The molecule has 3 rings (SSSR count). The van der Waals surface area contributed by atoms with E-state index in [4.69, 9.17) is 10.8 Å². The molecule has 2 fully saturated rings. The van der Waals surface area contributed by atoms with Gasteiger partial charge in [-0.25, -0.2) is 10.0 Å². The molecule has 0 saturated carbocycles. The van der Waals surface area contributed by atoms with Crippen molar-refractivity contribution in [2.24, 2.45) is 0 Å². The van der Waals surface area contributed by atoms with Crippen LogP contribution in [0, 0.1) is 10.8 Å². The maximum atomic E-state index is 6.00. The van der Waals surface area contributed by atoms with Gasteiger partial charge in [-0.05, 0) is 0 Å². The Bertz CT molecular complexity index is 215. The number of hydrogen-bond acceptors (Lipinski definition) is 4. The molecule has 0 aromatic heterocycles. The Morgan fingerprint density at radius 3 is 0.857 bits per heavy atom. The first-order valence-corrected chi connectivity index (χ1v) is 4.66. The highest BCUT2D eigenvalue weighted by Crippen LogP contribution is 2.16. The average Bonchev–Trinajstić information content (AvgIpc) is 2.29. The van der Waals surface area contributed by atoms with Gasteiger partial charge < -0.3 is 0 Å². The van der Waals surface area contributed by atoms with Crippen LogP contribution >= 0.6 is 0 Å². The number of fused-ring (bicyclic) bond motifs is 1. The molecule has 2 aliphatic heterocycles. The van der Waals surface area contributed by atoms with Gasteiger partial charge in [0.25, 0.3) is 0 Å². The van der Waals surface area contributed by atoms with Crippen molar-refractivity contribution in [2.45, 2.75) is 0 Å². The second-order valence-electron chi connectivity index (χ2n) is 3.06. The van der Waals surface area contributed by atoms with Crippen molar-refractivity contribution in [3.8, 4) is 0 Å². The van der Waals surface area contributed by atoms with E-state index in [-0.39, 0.29) is 0 Å². The molecule has 0 aliphatic carbocycles. The third kappa shape index (κ3) is 2.80. The van der Waals surface area contributed by atoms with Crippen molar-refractivity contribution < 1.29 is 0 Å². The van der Waals surface area contributed by atoms with E-state index in [1.54, 1.807) is 0 Å². The highest BCUT2D eigenvalue weighted by atomic mass is 15.7. The zero-order valence-corrected chi connectivity index (χ0v) is 8.08. The maximum Gasteiger partial charge on any atom is 0.0275 e. The quantitative estimate of drug-likeness (QED) is 0.578. The molecule has 74 valence electrons. The first kappa shape index (κ1) is 10.6. The zero-order chi connectivity index (χ0) is 10.2. The first-order valence-electron chi connectivity index (χ1n) is 4.66. The summed E-state index contributed by atoms with van der Waals surface area (Å²) in [4.78, 5) is 0. The largest absolute Gasteiger partial charge is 0.239 e. The highest BCUT2D eigenvalue weighted by molar-refractivity contribution is 4.99. The summed E-state index contributed by atoms with van der Waals surface area (Å²) >= 11 is 0. The number of piperazine rings is 1. The monoisotopic (exact) mass is 190 g/mol. The van der Waals surface area contributed by atoms with Crippen molar-refractivity contribution in [3.63, 3.8) is 0 Å². The number of hydrazine groups is 1. The summed E-state index contributed by atoms with van der Waals surface area (Å²) in [6.07, 6.45) is 0. The topological polar surface area (TPSA) is 54.1 Å². The normalized spacial score (nSPS) is 18.1. The predicted octanol–water partition coefficient (Wildman–Crippen LogP) is 1.25. The number of nitrogens with zero attached hydrogens (tertiary/aromatic N) is 4. The minimum absolute atomic E-state index is 1.32. The zero-order valence-electron chi connectivity index (χ0n) is 8.08. The summed E-state index contributed by atoms with van der Waals surface area (Å²) < 4.78 is 0. The van der Waals surface area contributed by atoms with Gasteiger partial charge in [0.15, 0.2) is 0 Å². The van der Waals surface area contributed by atoms with Gasteiger partial charge in [0, 0.05) is 37.0 Å². The molecule has 2 saturated heterocycles. The molecule has 4 nitrogen and oxygen atoms in total. The van der Waals surface area contributed by atoms with Crippen molar-refractivity contribution in [1.82, 2.24) is 10.0 Å². The van der Waals surface area contributed by atoms with Crippen LogP contribution < -0.4 is 0 Å². The van der Waals surface area contributed by atoms with Crippen LogP contribution in [0.2, 0.25) is 0 Å². The maximum absolute atomic E-state index is 6.00. The fraction of sp³-hybridized carbons (Fsp3) is 0.400. The van der Waals surface area contributed by atoms with Crippen LogP contribution in [0.4, 0.5) is 0 Å². The Hall–Kier alpha value is -1.44. The van der Waals surface area contributed by atoms with Gasteiger partial charge in [-0.15, -0.1) is 0 Å². The van der Waals surface area contributed by atoms with Gasteiger partial charge >= 0.3 is 0 Å². The highest BCUT2D eigenvalue weighted by Gasteiger charge is 2.32. The molecule has 14 heavy (non-hydrogen) atoms. The summed E-state index contributed by atoms with van der Waals surface area (Å²) in [5.41, 5.74) is 0. The average molecular weight is 190 g/mol. The van der Waals surface area contributed by atoms with Crippen LogP contribution in [0.15, 0.2) is 36.4 Å². The van der Waals surface area contributed by atoms with Crippen LogP contribution in [-0.2, 0) is 0 Å². The predicted molar refractivity (Wildman–Crippen MR) is 53.0 cm³/mol. The van der Waals surface area contributed by atoms with E-state index in [9.17, 15) is 0 Å². The van der Waals surface area contributed by atoms with E-state index in [1.165, 1.54) is 26.2 Å². The first-order chi connectivity index (χ1) is 6.97. The second-order valence-corrected chi connectivity index (χ2v) is 3.06. The molecule has 2 aliphatic rings. The molecule has 0 atom stereocenters. The van der Waals surface area contributed by atoms with Gasteiger partial charge in [-0.2, -0.15) is 0 Å². The lowest BCUT2D eigenvalue weighted by Gasteiger charge is -2.52. The lowest BCUT2D eigenvalue weighted by molar-refractivity contribution is -0.189. The van der Waals surface area contributed by atoms with Gasteiger partial charge in [0.05, 0.1) is 0 Å². The number of rotatable bonds is 0. The molecular formula is C10H14N4. The van der Waals surface area contributed by atoms with Crippen LogP contribution in [0.3, 0.4) is 0 Å². The van der Waals surface area contributed by atoms with Gasteiger partial charge in [0.2, 0.25) is 0 Å². The van der Waals surface area contributed by atoms with E-state index >= 15 is 0 Å². The van der Waals surface area contributed by atoms with Crippen molar-refractivity contribution >= 4 is 0 Å². The van der Waals surface area contributed by atoms with E-state index in [0.717, 1.165) is 0 Å². The lowest BCUT2D eigenvalue weighted by Crippen LogP contribution is -2.68. The van der Waals surface area contributed by atoms with Crippen LogP contribution in [-0.4, -0.2) is 36.2 Å². The molecule has 0 unspecified atom stereocenters. The van der Waals surface area contributed by atoms with Crippen LogP contribution in [0.1, 0.15) is 0 Å².